The van der Waals surface area contributed by atoms with Gasteiger partial charge >= 0.3 is 0 Å². The van der Waals surface area contributed by atoms with Crippen LogP contribution in [-0.4, -0.2) is 27.3 Å². The van der Waals surface area contributed by atoms with Gasteiger partial charge in [0.1, 0.15) is 5.69 Å². The maximum atomic E-state index is 12.3. The van der Waals surface area contributed by atoms with Crippen molar-refractivity contribution >= 4 is 5.91 Å². The van der Waals surface area contributed by atoms with Crippen molar-refractivity contribution in [3.63, 3.8) is 0 Å². The first-order valence-corrected chi connectivity index (χ1v) is 6.39. The van der Waals surface area contributed by atoms with Gasteiger partial charge in [-0.25, -0.2) is 4.98 Å². The number of hydrogen-bond donors (Lipinski definition) is 0. The second-order valence-electron chi connectivity index (χ2n) is 4.79. The molecule has 0 radical (unpaired) electrons. The molecular formula is C15H15N3O. The van der Waals surface area contributed by atoms with E-state index in [2.05, 4.69) is 22.1 Å². The molecule has 0 saturated carbocycles. The van der Waals surface area contributed by atoms with Gasteiger partial charge < -0.3 is 4.90 Å². The Balaban J connectivity index is 1.81. The molecule has 2 aromatic rings. The molecule has 19 heavy (non-hydrogen) atoms. The lowest BCUT2D eigenvalue weighted by Gasteiger charge is -2.28. The van der Waals surface area contributed by atoms with E-state index in [0.717, 1.165) is 18.7 Å². The Kier molecular flexibility index (Phi) is 2.99. The number of benzene rings is 1. The van der Waals surface area contributed by atoms with E-state index in [1.165, 1.54) is 11.1 Å². The van der Waals surface area contributed by atoms with Crippen LogP contribution in [0, 0.1) is 6.92 Å². The number of carbonyl (C=O) groups is 1. The molecule has 1 aromatic carbocycles. The average Bonchev–Trinajstić information content (AvgIpc) is 2.47. The first-order chi connectivity index (χ1) is 9.24. The van der Waals surface area contributed by atoms with Crippen molar-refractivity contribution in [2.24, 2.45) is 0 Å². The SMILES string of the molecule is Cc1cnc(C(=O)N2CCc3ccccc3C2)cn1. The summed E-state index contributed by atoms with van der Waals surface area (Å²) in [6.45, 7) is 3.26. The third-order valence-corrected chi connectivity index (χ3v) is 3.42. The highest BCUT2D eigenvalue weighted by atomic mass is 16.2. The van der Waals surface area contributed by atoms with Crippen molar-refractivity contribution in [3.05, 3.63) is 59.2 Å². The molecule has 3 rings (SSSR count). The summed E-state index contributed by atoms with van der Waals surface area (Å²) in [4.78, 5) is 22.5. The zero-order chi connectivity index (χ0) is 13.2. The van der Waals surface area contributed by atoms with Crippen LogP contribution in [0.5, 0.6) is 0 Å². The van der Waals surface area contributed by atoms with Crippen LogP contribution in [0.1, 0.15) is 27.3 Å². The third kappa shape index (κ3) is 2.34. The molecule has 0 bridgehead atoms. The number of aromatic nitrogens is 2. The molecule has 0 aliphatic carbocycles. The number of rotatable bonds is 1. The first kappa shape index (κ1) is 11.8. The highest BCUT2D eigenvalue weighted by Crippen LogP contribution is 2.19. The van der Waals surface area contributed by atoms with E-state index in [9.17, 15) is 4.79 Å². The first-order valence-electron chi connectivity index (χ1n) is 6.39. The Labute approximate surface area is 112 Å². The van der Waals surface area contributed by atoms with Crippen LogP contribution in [0.4, 0.5) is 0 Å². The zero-order valence-corrected chi connectivity index (χ0v) is 10.8. The molecule has 4 nitrogen and oxygen atoms in total. The number of aryl methyl sites for hydroxylation is 1. The Hall–Kier alpha value is -2.23. The Bertz CT molecular complexity index is 607. The van der Waals surface area contributed by atoms with Crippen LogP contribution in [0.2, 0.25) is 0 Å². The number of hydrogen-bond acceptors (Lipinski definition) is 3. The summed E-state index contributed by atoms with van der Waals surface area (Å²) in [5, 5.41) is 0. The van der Waals surface area contributed by atoms with Crippen molar-refractivity contribution in [3.8, 4) is 0 Å². The van der Waals surface area contributed by atoms with Crippen molar-refractivity contribution in [2.75, 3.05) is 6.54 Å². The number of nitrogens with zero attached hydrogens (tertiary/aromatic N) is 3. The van der Waals surface area contributed by atoms with Crippen LogP contribution in [0.3, 0.4) is 0 Å². The maximum Gasteiger partial charge on any atom is 0.274 e. The van der Waals surface area contributed by atoms with E-state index < -0.39 is 0 Å². The highest BCUT2D eigenvalue weighted by molar-refractivity contribution is 5.92. The predicted molar refractivity (Wildman–Crippen MR) is 71.7 cm³/mol. The van der Waals surface area contributed by atoms with E-state index in [-0.39, 0.29) is 5.91 Å². The maximum absolute atomic E-state index is 12.3. The van der Waals surface area contributed by atoms with Crippen molar-refractivity contribution in [2.45, 2.75) is 19.9 Å². The zero-order valence-electron chi connectivity index (χ0n) is 10.8. The van der Waals surface area contributed by atoms with Gasteiger partial charge in [0.25, 0.3) is 5.91 Å². The summed E-state index contributed by atoms with van der Waals surface area (Å²) in [7, 11) is 0. The van der Waals surface area contributed by atoms with Gasteiger partial charge in [-0.3, -0.25) is 9.78 Å². The minimum Gasteiger partial charge on any atom is -0.333 e. The van der Waals surface area contributed by atoms with Crippen LogP contribution < -0.4 is 0 Å². The van der Waals surface area contributed by atoms with Crippen LogP contribution in [-0.2, 0) is 13.0 Å². The third-order valence-electron chi connectivity index (χ3n) is 3.42. The number of fused-ring (bicyclic) bond motifs is 1. The molecule has 4 heteroatoms. The fraction of sp³-hybridized carbons (Fsp3) is 0.267. The minimum atomic E-state index is -0.0398. The Morgan fingerprint density at radius 3 is 2.68 bits per heavy atom. The van der Waals surface area contributed by atoms with Crippen LogP contribution in [0.25, 0.3) is 0 Å². The summed E-state index contributed by atoms with van der Waals surface area (Å²) in [6.07, 6.45) is 4.09. The molecule has 1 aliphatic rings. The predicted octanol–water partition coefficient (Wildman–Crippen LogP) is 1.98. The molecule has 0 saturated heterocycles. The van der Waals surface area contributed by atoms with Crippen LogP contribution in [0.15, 0.2) is 36.7 Å². The normalized spacial score (nSPS) is 14.1. The quantitative estimate of drug-likeness (QED) is 0.780. The summed E-state index contributed by atoms with van der Waals surface area (Å²) in [5.41, 5.74) is 3.80. The van der Waals surface area contributed by atoms with Gasteiger partial charge in [0.05, 0.1) is 11.9 Å². The highest BCUT2D eigenvalue weighted by Gasteiger charge is 2.22. The molecule has 0 fully saturated rings. The van der Waals surface area contributed by atoms with E-state index in [1.54, 1.807) is 12.4 Å². The van der Waals surface area contributed by atoms with Crippen molar-refractivity contribution in [1.82, 2.24) is 14.9 Å². The second-order valence-corrected chi connectivity index (χ2v) is 4.79. The summed E-state index contributed by atoms with van der Waals surface area (Å²) in [5.74, 6) is -0.0398. The summed E-state index contributed by atoms with van der Waals surface area (Å²) in [6, 6.07) is 8.26. The van der Waals surface area contributed by atoms with Gasteiger partial charge in [0, 0.05) is 19.3 Å². The number of carbonyl (C=O) groups excluding carboxylic acids is 1. The Morgan fingerprint density at radius 1 is 1.16 bits per heavy atom. The van der Waals surface area contributed by atoms with Gasteiger partial charge in [-0.1, -0.05) is 24.3 Å². The van der Waals surface area contributed by atoms with Crippen molar-refractivity contribution < 1.29 is 4.79 Å². The van der Waals surface area contributed by atoms with Gasteiger partial charge in [-0.2, -0.15) is 0 Å². The van der Waals surface area contributed by atoms with Gasteiger partial charge in [0.2, 0.25) is 0 Å². The molecule has 0 atom stereocenters. The van der Waals surface area contributed by atoms with Gasteiger partial charge in [0.15, 0.2) is 0 Å². The summed E-state index contributed by atoms with van der Waals surface area (Å²) < 4.78 is 0. The fourth-order valence-electron chi connectivity index (χ4n) is 2.33. The molecule has 0 spiro atoms. The number of amides is 1. The van der Waals surface area contributed by atoms with Crippen molar-refractivity contribution in [1.29, 1.82) is 0 Å². The lowest BCUT2D eigenvalue weighted by atomic mass is 10.00. The van der Waals surface area contributed by atoms with Gasteiger partial charge in [-0.05, 0) is 24.5 Å². The molecule has 0 N–H and O–H groups in total. The standard InChI is InChI=1S/C15H15N3O/c1-11-8-17-14(9-16-11)15(19)18-7-6-12-4-2-3-5-13(12)10-18/h2-5,8-9H,6-7,10H2,1H3. The fourth-order valence-corrected chi connectivity index (χ4v) is 2.33. The van der Waals surface area contributed by atoms with E-state index >= 15 is 0 Å². The molecule has 0 unspecified atom stereocenters. The van der Waals surface area contributed by atoms with E-state index in [1.807, 2.05) is 24.0 Å². The lowest BCUT2D eigenvalue weighted by Crippen LogP contribution is -2.36. The molecule has 96 valence electrons. The summed E-state index contributed by atoms with van der Waals surface area (Å²) >= 11 is 0. The molecule has 1 aromatic heterocycles. The average molecular weight is 253 g/mol. The topological polar surface area (TPSA) is 46.1 Å². The monoisotopic (exact) mass is 253 g/mol. The smallest absolute Gasteiger partial charge is 0.274 e. The minimum absolute atomic E-state index is 0.0398. The molecule has 1 amide bonds. The lowest BCUT2D eigenvalue weighted by molar-refractivity contribution is 0.0728. The largest absolute Gasteiger partial charge is 0.333 e. The Morgan fingerprint density at radius 2 is 1.95 bits per heavy atom. The van der Waals surface area contributed by atoms with Gasteiger partial charge in [-0.15, -0.1) is 0 Å². The molecule has 2 heterocycles. The van der Waals surface area contributed by atoms with Crippen LogP contribution >= 0.6 is 0 Å². The molecule has 1 aliphatic heterocycles. The second kappa shape index (κ2) is 4.80. The molecular weight excluding hydrogens is 238 g/mol. The van der Waals surface area contributed by atoms with E-state index in [0.29, 0.717) is 12.2 Å². The van der Waals surface area contributed by atoms with E-state index in [4.69, 9.17) is 0 Å².